The molecule has 2 rings (SSSR count). The number of fused-ring (bicyclic) bond motifs is 2. The van der Waals surface area contributed by atoms with Gasteiger partial charge in [0.15, 0.2) is 0 Å². The molecule has 2 fully saturated rings. The lowest BCUT2D eigenvalue weighted by Crippen LogP contribution is -2.39. The first-order chi connectivity index (χ1) is 5.20. The fourth-order valence-corrected chi connectivity index (χ4v) is 2.94. The Labute approximate surface area is 67.1 Å². The van der Waals surface area contributed by atoms with Gasteiger partial charge in [-0.05, 0) is 38.0 Å². The molecule has 2 heteroatoms. The van der Waals surface area contributed by atoms with Crippen LogP contribution in [-0.4, -0.2) is 11.8 Å². The maximum atomic E-state index is 11.2. The predicted molar refractivity (Wildman–Crippen MR) is 43.0 cm³/mol. The zero-order chi connectivity index (χ0) is 8.01. The third kappa shape index (κ3) is 0.924. The summed E-state index contributed by atoms with van der Waals surface area (Å²) in [5.74, 6) is 1.81. The number of hydrogen-bond donors (Lipinski definition) is 1. The summed E-state index contributed by atoms with van der Waals surface area (Å²) in [6, 6.07) is 0.186. The van der Waals surface area contributed by atoms with Gasteiger partial charge in [-0.2, -0.15) is 0 Å². The summed E-state index contributed by atoms with van der Waals surface area (Å²) in [4.78, 5) is 11.2. The standard InChI is InChI=1S/C9H15NO/c1-5(11)8-6-2-3-7(4-6)9(8)10/h6-9H,2-4,10H2,1H3/t6-,7-,8+,9+/m0/s1. The van der Waals surface area contributed by atoms with Crippen LogP contribution in [0.4, 0.5) is 0 Å². The number of hydrogen-bond acceptors (Lipinski definition) is 2. The van der Waals surface area contributed by atoms with Gasteiger partial charge < -0.3 is 5.73 Å². The molecule has 0 heterocycles. The van der Waals surface area contributed by atoms with Crippen molar-refractivity contribution in [1.82, 2.24) is 0 Å². The van der Waals surface area contributed by atoms with Crippen LogP contribution in [0, 0.1) is 17.8 Å². The van der Waals surface area contributed by atoms with Crippen LogP contribution in [0.5, 0.6) is 0 Å². The fourth-order valence-electron chi connectivity index (χ4n) is 2.94. The molecule has 0 aromatic rings. The fraction of sp³-hybridized carbons (Fsp3) is 0.889. The van der Waals surface area contributed by atoms with Crippen molar-refractivity contribution in [3.05, 3.63) is 0 Å². The third-order valence-electron chi connectivity index (χ3n) is 3.45. The maximum Gasteiger partial charge on any atom is 0.134 e. The van der Waals surface area contributed by atoms with Gasteiger partial charge in [0, 0.05) is 12.0 Å². The first-order valence-electron chi connectivity index (χ1n) is 4.46. The van der Waals surface area contributed by atoms with Gasteiger partial charge in [-0.25, -0.2) is 0 Å². The number of carbonyl (C=O) groups is 1. The van der Waals surface area contributed by atoms with Gasteiger partial charge in [-0.15, -0.1) is 0 Å². The van der Waals surface area contributed by atoms with Crippen LogP contribution < -0.4 is 5.73 Å². The SMILES string of the molecule is CC(=O)[C@@H]1[C@H]2CC[C@@H](C2)[C@H]1N. The zero-order valence-electron chi connectivity index (χ0n) is 6.92. The van der Waals surface area contributed by atoms with Crippen molar-refractivity contribution >= 4 is 5.78 Å². The van der Waals surface area contributed by atoms with Gasteiger partial charge >= 0.3 is 0 Å². The van der Waals surface area contributed by atoms with Crippen LogP contribution in [0.25, 0.3) is 0 Å². The predicted octanol–water partition coefficient (Wildman–Crippen LogP) is 0.949. The van der Waals surface area contributed by atoms with Crippen molar-refractivity contribution in [2.75, 3.05) is 0 Å². The van der Waals surface area contributed by atoms with E-state index in [-0.39, 0.29) is 12.0 Å². The van der Waals surface area contributed by atoms with E-state index < -0.39 is 0 Å². The lowest BCUT2D eigenvalue weighted by Gasteiger charge is -2.25. The van der Waals surface area contributed by atoms with Gasteiger partial charge in [0.05, 0.1) is 0 Å². The van der Waals surface area contributed by atoms with Crippen LogP contribution in [-0.2, 0) is 4.79 Å². The normalized spacial score (nSPS) is 48.2. The lowest BCUT2D eigenvalue weighted by molar-refractivity contribution is -0.122. The van der Waals surface area contributed by atoms with Crippen LogP contribution in [0.2, 0.25) is 0 Å². The number of ketones is 1. The Bertz CT molecular complexity index is 188. The first kappa shape index (κ1) is 7.29. The number of carbonyl (C=O) groups excluding carboxylic acids is 1. The molecule has 4 atom stereocenters. The summed E-state index contributed by atoms with van der Waals surface area (Å²) >= 11 is 0. The van der Waals surface area contributed by atoms with Crippen molar-refractivity contribution in [2.45, 2.75) is 32.2 Å². The molecule has 0 spiro atoms. The molecule has 0 saturated heterocycles. The monoisotopic (exact) mass is 153 g/mol. The minimum Gasteiger partial charge on any atom is -0.327 e. The lowest BCUT2D eigenvalue weighted by atomic mass is 9.83. The Hall–Kier alpha value is -0.370. The van der Waals surface area contributed by atoms with Gasteiger partial charge in [0.1, 0.15) is 5.78 Å². The second-order valence-corrected chi connectivity index (χ2v) is 4.05. The van der Waals surface area contributed by atoms with Crippen molar-refractivity contribution < 1.29 is 4.79 Å². The smallest absolute Gasteiger partial charge is 0.134 e. The first-order valence-corrected chi connectivity index (χ1v) is 4.46. The third-order valence-corrected chi connectivity index (χ3v) is 3.45. The molecule has 2 aliphatic carbocycles. The summed E-state index contributed by atoms with van der Waals surface area (Å²) in [7, 11) is 0. The van der Waals surface area contributed by atoms with Crippen LogP contribution >= 0.6 is 0 Å². The highest BCUT2D eigenvalue weighted by molar-refractivity contribution is 5.80. The second kappa shape index (κ2) is 2.31. The molecule has 0 aliphatic heterocycles. The summed E-state index contributed by atoms with van der Waals surface area (Å²) in [6.07, 6.45) is 3.71. The number of nitrogens with two attached hydrogens (primary N) is 1. The molecule has 11 heavy (non-hydrogen) atoms. The summed E-state index contributed by atoms with van der Waals surface area (Å²) in [5.41, 5.74) is 5.94. The Morgan fingerprint density at radius 1 is 1.36 bits per heavy atom. The Balaban J connectivity index is 2.17. The summed E-state index contributed by atoms with van der Waals surface area (Å²) in [5, 5.41) is 0. The molecule has 62 valence electrons. The Morgan fingerprint density at radius 2 is 2.00 bits per heavy atom. The minimum atomic E-state index is 0.186. The molecular formula is C9H15NO. The molecule has 0 radical (unpaired) electrons. The van der Waals surface area contributed by atoms with Gasteiger partial charge in [0.2, 0.25) is 0 Å². The molecule has 2 saturated carbocycles. The van der Waals surface area contributed by atoms with Crippen LogP contribution in [0.3, 0.4) is 0 Å². The van der Waals surface area contributed by atoms with E-state index in [4.69, 9.17) is 5.73 Å². The highest BCUT2D eigenvalue weighted by Crippen LogP contribution is 2.47. The maximum absolute atomic E-state index is 11.2. The Kier molecular flexibility index (Phi) is 1.53. The van der Waals surface area contributed by atoms with Crippen LogP contribution in [0.1, 0.15) is 26.2 Å². The summed E-state index contributed by atoms with van der Waals surface area (Å²) < 4.78 is 0. The van der Waals surface area contributed by atoms with Crippen molar-refractivity contribution in [3.8, 4) is 0 Å². The molecule has 2 bridgehead atoms. The Morgan fingerprint density at radius 3 is 2.36 bits per heavy atom. The van der Waals surface area contributed by atoms with E-state index in [1.807, 2.05) is 0 Å². The van der Waals surface area contributed by atoms with Crippen LogP contribution in [0.15, 0.2) is 0 Å². The van der Waals surface area contributed by atoms with Gasteiger partial charge in [-0.3, -0.25) is 4.79 Å². The van der Waals surface area contributed by atoms with E-state index in [9.17, 15) is 4.79 Å². The molecule has 0 aromatic heterocycles. The highest BCUT2D eigenvalue weighted by Gasteiger charge is 2.47. The highest BCUT2D eigenvalue weighted by atomic mass is 16.1. The molecule has 0 amide bonds. The van der Waals surface area contributed by atoms with E-state index in [1.54, 1.807) is 6.92 Å². The topological polar surface area (TPSA) is 43.1 Å². The molecule has 2 aliphatic rings. The largest absolute Gasteiger partial charge is 0.327 e. The average Bonchev–Trinajstić information content (AvgIpc) is 2.44. The van der Waals surface area contributed by atoms with Crippen molar-refractivity contribution in [3.63, 3.8) is 0 Å². The van der Waals surface area contributed by atoms with Gasteiger partial charge in [0.25, 0.3) is 0 Å². The molecule has 0 unspecified atom stereocenters. The quantitative estimate of drug-likeness (QED) is 0.609. The summed E-state index contributed by atoms with van der Waals surface area (Å²) in [6.45, 7) is 1.69. The average molecular weight is 153 g/mol. The zero-order valence-corrected chi connectivity index (χ0v) is 6.92. The number of Topliss-reactive ketones (excluding diaryl/α,β-unsaturated/α-hetero) is 1. The van der Waals surface area contributed by atoms with E-state index in [0.717, 1.165) is 0 Å². The minimum absolute atomic E-state index is 0.186. The molecule has 0 aromatic carbocycles. The second-order valence-electron chi connectivity index (χ2n) is 4.05. The van der Waals surface area contributed by atoms with E-state index in [1.165, 1.54) is 19.3 Å². The van der Waals surface area contributed by atoms with Crippen molar-refractivity contribution in [1.29, 1.82) is 0 Å². The molecular weight excluding hydrogens is 138 g/mol. The van der Waals surface area contributed by atoms with E-state index >= 15 is 0 Å². The molecule has 2 N–H and O–H groups in total. The van der Waals surface area contributed by atoms with E-state index in [2.05, 4.69) is 0 Å². The van der Waals surface area contributed by atoms with Crippen molar-refractivity contribution in [2.24, 2.45) is 23.5 Å². The van der Waals surface area contributed by atoms with Gasteiger partial charge in [-0.1, -0.05) is 0 Å². The number of rotatable bonds is 1. The van der Waals surface area contributed by atoms with E-state index in [0.29, 0.717) is 17.6 Å². The molecule has 2 nitrogen and oxygen atoms in total.